The van der Waals surface area contributed by atoms with Gasteiger partial charge in [0.05, 0.1) is 6.61 Å². The minimum atomic E-state index is 0.143. The van der Waals surface area contributed by atoms with Gasteiger partial charge < -0.3 is 10.4 Å². The lowest BCUT2D eigenvalue weighted by Crippen LogP contribution is -2.40. The summed E-state index contributed by atoms with van der Waals surface area (Å²) in [6.45, 7) is 4.44. The summed E-state index contributed by atoms with van der Waals surface area (Å²) < 4.78 is 0. The Morgan fingerprint density at radius 1 is 1.50 bits per heavy atom. The van der Waals surface area contributed by atoms with E-state index in [9.17, 15) is 5.11 Å². The molecule has 0 aromatic heterocycles. The van der Waals surface area contributed by atoms with Crippen molar-refractivity contribution < 1.29 is 5.11 Å². The lowest BCUT2D eigenvalue weighted by atomic mass is 9.99. The number of nitrogens with one attached hydrogen (secondary N) is 1. The molecule has 0 saturated carbocycles. The molecule has 2 N–H and O–H groups in total. The van der Waals surface area contributed by atoms with Crippen LogP contribution in [-0.4, -0.2) is 23.5 Å². The number of benzene rings is 1. The fourth-order valence-electron chi connectivity index (χ4n) is 2.25. The third-order valence-electron chi connectivity index (χ3n) is 3.43. The molecule has 4 heteroatoms. The van der Waals surface area contributed by atoms with Crippen LogP contribution in [0.25, 0.3) is 0 Å². The Bertz CT molecular complexity index is 411. The van der Waals surface area contributed by atoms with Crippen LogP contribution in [-0.2, 0) is 0 Å². The average molecular weight is 286 g/mol. The zero-order chi connectivity index (χ0) is 13.1. The molecule has 1 aliphatic rings. The first kappa shape index (κ1) is 14.2. The highest BCUT2D eigenvalue weighted by Crippen LogP contribution is 2.37. The number of aliphatic hydroxyl groups excluding tert-OH is 1. The van der Waals surface area contributed by atoms with Gasteiger partial charge >= 0.3 is 0 Å². The largest absolute Gasteiger partial charge is 0.395 e. The first-order valence-electron chi connectivity index (χ1n) is 6.41. The second-order valence-electron chi connectivity index (χ2n) is 5.07. The molecule has 0 radical (unpaired) electrons. The van der Waals surface area contributed by atoms with Gasteiger partial charge in [0.2, 0.25) is 0 Å². The summed E-state index contributed by atoms with van der Waals surface area (Å²) in [6.07, 6.45) is 1.08. The standard InChI is InChI=1S/C14H20ClNOS/c1-9(2)13(8-17)16-12-5-6-18-14-4-3-10(15)7-11(12)14/h3-4,7,9,12-13,16-17H,5-6,8H2,1-2H3. The van der Waals surface area contributed by atoms with Crippen molar-refractivity contribution in [2.45, 2.75) is 37.2 Å². The maximum Gasteiger partial charge on any atom is 0.0587 e. The van der Waals surface area contributed by atoms with Crippen LogP contribution in [0.3, 0.4) is 0 Å². The normalized spacial score (nSPS) is 20.8. The van der Waals surface area contributed by atoms with Crippen LogP contribution < -0.4 is 5.32 Å². The van der Waals surface area contributed by atoms with Gasteiger partial charge in [-0.2, -0.15) is 0 Å². The number of rotatable bonds is 4. The van der Waals surface area contributed by atoms with E-state index in [4.69, 9.17) is 11.6 Å². The van der Waals surface area contributed by atoms with Gasteiger partial charge in [-0.15, -0.1) is 11.8 Å². The summed E-state index contributed by atoms with van der Waals surface area (Å²) in [7, 11) is 0. The molecule has 0 fully saturated rings. The third-order valence-corrected chi connectivity index (χ3v) is 4.79. The predicted molar refractivity (Wildman–Crippen MR) is 78.4 cm³/mol. The van der Waals surface area contributed by atoms with E-state index in [1.165, 1.54) is 10.5 Å². The number of hydrogen-bond acceptors (Lipinski definition) is 3. The highest BCUT2D eigenvalue weighted by atomic mass is 35.5. The molecule has 2 rings (SSSR count). The van der Waals surface area contributed by atoms with Crippen molar-refractivity contribution >= 4 is 23.4 Å². The number of thioether (sulfide) groups is 1. The van der Waals surface area contributed by atoms with Gasteiger partial charge in [-0.1, -0.05) is 25.4 Å². The van der Waals surface area contributed by atoms with Gasteiger partial charge in [0, 0.05) is 22.0 Å². The predicted octanol–water partition coefficient (Wildman–Crippen LogP) is 3.48. The Labute approximate surface area is 118 Å². The third kappa shape index (κ3) is 3.21. The van der Waals surface area contributed by atoms with Crippen LogP contribution >= 0.6 is 23.4 Å². The Morgan fingerprint density at radius 3 is 2.94 bits per heavy atom. The number of aliphatic hydroxyl groups is 1. The van der Waals surface area contributed by atoms with Crippen LogP contribution in [0.15, 0.2) is 23.1 Å². The van der Waals surface area contributed by atoms with Crippen LogP contribution in [0.4, 0.5) is 0 Å². The molecule has 1 aromatic carbocycles. The molecule has 2 atom stereocenters. The van der Waals surface area contributed by atoms with Crippen LogP contribution in [0.5, 0.6) is 0 Å². The number of halogens is 1. The molecule has 0 spiro atoms. The van der Waals surface area contributed by atoms with Crippen molar-refractivity contribution in [2.24, 2.45) is 5.92 Å². The summed E-state index contributed by atoms with van der Waals surface area (Å²) in [5, 5.41) is 13.8. The molecule has 100 valence electrons. The van der Waals surface area contributed by atoms with Crippen molar-refractivity contribution in [3.05, 3.63) is 28.8 Å². The molecule has 2 unspecified atom stereocenters. The van der Waals surface area contributed by atoms with Crippen LogP contribution in [0.2, 0.25) is 5.02 Å². The van der Waals surface area contributed by atoms with E-state index in [0.29, 0.717) is 12.0 Å². The number of fused-ring (bicyclic) bond motifs is 1. The average Bonchev–Trinajstić information content (AvgIpc) is 2.35. The van der Waals surface area contributed by atoms with Crippen molar-refractivity contribution in [3.8, 4) is 0 Å². The number of hydrogen-bond donors (Lipinski definition) is 2. The fourth-order valence-corrected chi connectivity index (χ4v) is 3.54. The monoisotopic (exact) mass is 285 g/mol. The summed E-state index contributed by atoms with van der Waals surface area (Å²) in [4.78, 5) is 1.31. The fraction of sp³-hybridized carbons (Fsp3) is 0.571. The van der Waals surface area contributed by atoms with E-state index in [1.54, 1.807) is 0 Å². The van der Waals surface area contributed by atoms with Gasteiger partial charge in [-0.05, 0) is 41.9 Å². The Kier molecular flexibility index (Phi) is 4.96. The molecule has 1 heterocycles. The molecular weight excluding hydrogens is 266 g/mol. The van der Waals surface area contributed by atoms with Crippen molar-refractivity contribution in [3.63, 3.8) is 0 Å². The molecule has 0 aliphatic carbocycles. The van der Waals surface area contributed by atoms with E-state index < -0.39 is 0 Å². The minimum absolute atomic E-state index is 0.143. The summed E-state index contributed by atoms with van der Waals surface area (Å²) >= 11 is 7.97. The second-order valence-corrected chi connectivity index (χ2v) is 6.64. The van der Waals surface area contributed by atoms with Gasteiger partial charge in [-0.3, -0.25) is 0 Å². The minimum Gasteiger partial charge on any atom is -0.395 e. The summed E-state index contributed by atoms with van der Waals surface area (Å²) in [5.74, 6) is 1.54. The van der Waals surface area contributed by atoms with E-state index >= 15 is 0 Å². The molecule has 2 nitrogen and oxygen atoms in total. The van der Waals surface area contributed by atoms with Crippen molar-refractivity contribution in [2.75, 3.05) is 12.4 Å². The molecule has 1 aliphatic heterocycles. The quantitative estimate of drug-likeness (QED) is 0.888. The van der Waals surface area contributed by atoms with Crippen LogP contribution in [0.1, 0.15) is 31.9 Å². The Morgan fingerprint density at radius 2 is 2.28 bits per heavy atom. The molecule has 0 saturated heterocycles. The van der Waals surface area contributed by atoms with E-state index in [-0.39, 0.29) is 12.6 Å². The maximum atomic E-state index is 9.44. The van der Waals surface area contributed by atoms with Gasteiger partial charge in [0.1, 0.15) is 0 Å². The highest BCUT2D eigenvalue weighted by Gasteiger charge is 2.24. The first-order chi connectivity index (χ1) is 8.61. The second kappa shape index (κ2) is 6.29. The summed E-state index contributed by atoms with van der Waals surface area (Å²) in [6, 6.07) is 6.54. The molecular formula is C14H20ClNOS. The SMILES string of the molecule is CC(C)C(CO)NC1CCSc2ccc(Cl)cc21. The lowest BCUT2D eigenvalue weighted by Gasteiger charge is -2.31. The summed E-state index contributed by atoms with van der Waals surface area (Å²) in [5.41, 5.74) is 1.28. The highest BCUT2D eigenvalue weighted by molar-refractivity contribution is 7.99. The van der Waals surface area contributed by atoms with Crippen LogP contribution in [0, 0.1) is 5.92 Å². The van der Waals surface area contributed by atoms with E-state index in [0.717, 1.165) is 17.2 Å². The zero-order valence-electron chi connectivity index (χ0n) is 10.8. The lowest BCUT2D eigenvalue weighted by molar-refractivity contribution is 0.197. The molecule has 1 aromatic rings. The topological polar surface area (TPSA) is 32.3 Å². The Hall–Kier alpha value is -0.220. The Balaban J connectivity index is 2.19. The first-order valence-corrected chi connectivity index (χ1v) is 7.77. The van der Waals surface area contributed by atoms with Gasteiger partial charge in [-0.25, -0.2) is 0 Å². The molecule has 18 heavy (non-hydrogen) atoms. The smallest absolute Gasteiger partial charge is 0.0587 e. The van der Waals surface area contributed by atoms with Crippen molar-refractivity contribution in [1.82, 2.24) is 5.32 Å². The van der Waals surface area contributed by atoms with Crippen molar-refractivity contribution in [1.29, 1.82) is 0 Å². The molecule has 0 bridgehead atoms. The van der Waals surface area contributed by atoms with Gasteiger partial charge in [0.25, 0.3) is 0 Å². The van der Waals surface area contributed by atoms with Gasteiger partial charge in [0.15, 0.2) is 0 Å². The zero-order valence-corrected chi connectivity index (χ0v) is 12.4. The van der Waals surface area contributed by atoms with E-state index in [2.05, 4.69) is 31.3 Å². The maximum absolute atomic E-state index is 9.44. The molecule has 0 amide bonds. The van der Waals surface area contributed by atoms with E-state index in [1.807, 2.05) is 17.8 Å².